The van der Waals surface area contributed by atoms with Crippen molar-refractivity contribution in [1.82, 2.24) is 9.88 Å². The van der Waals surface area contributed by atoms with Gasteiger partial charge in [0.25, 0.3) is 5.91 Å². The van der Waals surface area contributed by atoms with Crippen molar-refractivity contribution in [3.05, 3.63) is 35.7 Å². The van der Waals surface area contributed by atoms with Crippen LogP contribution in [0.2, 0.25) is 0 Å². The highest BCUT2D eigenvalue weighted by atomic mass is 16.2. The van der Waals surface area contributed by atoms with Crippen LogP contribution in [0, 0.1) is 5.92 Å². The summed E-state index contributed by atoms with van der Waals surface area (Å²) in [4.78, 5) is 18.8. The molecule has 1 N–H and O–H groups in total. The number of piperidine rings is 1. The zero-order valence-corrected chi connectivity index (χ0v) is 14.8. The van der Waals surface area contributed by atoms with Gasteiger partial charge in [-0.25, -0.2) is 4.98 Å². The van der Waals surface area contributed by atoms with E-state index in [-0.39, 0.29) is 5.91 Å². The first-order chi connectivity index (χ1) is 11.7. The summed E-state index contributed by atoms with van der Waals surface area (Å²) in [5.74, 6) is 0.665. The fraction of sp³-hybridized carbons (Fsp3) is 0.600. The molecule has 4 heteroatoms. The molecule has 1 aromatic heterocycles. The number of carbonyl (C=O) groups is 1. The third kappa shape index (κ3) is 4.59. The number of likely N-dealkylation sites (tertiary alicyclic amines) is 1. The van der Waals surface area contributed by atoms with E-state index >= 15 is 0 Å². The second-order valence-corrected chi connectivity index (χ2v) is 7.22. The lowest BCUT2D eigenvalue weighted by molar-refractivity contribution is 0.0677. The lowest BCUT2D eigenvalue weighted by Crippen LogP contribution is -2.39. The number of amides is 1. The Labute approximate surface area is 145 Å². The summed E-state index contributed by atoms with van der Waals surface area (Å²) < 4.78 is 0. The topological polar surface area (TPSA) is 45.2 Å². The van der Waals surface area contributed by atoms with E-state index < -0.39 is 0 Å². The van der Waals surface area contributed by atoms with Crippen LogP contribution in [-0.2, 0) is 0 Å². The summed E-state index contributed by atoms with van der Waals surface area (Å²) in [6, 6.07) is 3.83. The van der Waals surface area contributed by atoms with Crippen LogP contribution in [0.1, 0.15) is 62.4 Å². The molecule has 0 bridgehead atoms. The molecule has 1 fully saturated rings. The van der Waals surface area contributed by atoms with E-state index in [2.05, 4.69) is 23.3 Å². The molecule has 1 atom stereocenters. The minimum absolute atomic E-state index is 0.0699. The molecule has 0 spiro atoms. The van der Waals surface area contributed by atoms with Gasteiger partial charge in [-0.15, -0.1) is 0 Å². The lowest BCUT2D eigenvalue weighted by atomic mass is 9.97. The maximum absolute atomic E-state index is 12.5. The van der Waals surface area contributed by atoms with Crippen LogP contribution in [0.5, 0.6) is 0 Å². The predicted molar refractivity (Wildman–Crippen MR) is 98.2 cm³/mol. The number of pyridine rings is 1. The lowest BCUT2D eigenvalue weighted by Gasteiger charge is -2.30. The van der Waals surface area contributed by atoms with Gasteiger partial charge in [-0.2, -0.15) is 0 Å². The van der Waals surface area contributed by atoms with Crippen molar-refractivity contribution in [3.8, 4) is 0 Å². The summed E-state index contributed by atoms with van der Waals surface area (Å²) in [5.41, 5.74) is 3.13. The molecule has 1 unspecified atom stereocenters. The van der Waals surface area contributed by atoms with Crippen molar-refractivity contribution >= 4 is 11.6 Å². The Bertz CT molecular complexity index is 579. The molecule has 0 radical (unpaired) electrons. The van der Waals surface area contributed by atoms with Gasteiger partial charge in [-0.05, 0) is 63.0 Å². The van der Waals surface area contributed by atoms with Gasteiger partial charge in [0.2, 0.25) is 0 Å². The molecule has 2 heterocycles. The second kappa shape index (κ2) is 8.32. The van der Waals surface area contributed by atoms with Gasteiger partial charge in [-0.3, -0.25) is 4.79 Å². The molecule has 2 aliphatic rings. The number of hydrogen-bond acceptors (Lipinski definition) is 3. The minimum Gasteiger partial charge on any atom is -0.383 e. The SMILES string of the molecule is CC1CCCN(C(=O)c2ccc(NCCC3=CCCCC3)cn2)C1. The molecule has 24 heavy (non-hydrogen) atoms. The average Bonchev–Trinajstić information content (AvgIpc) is 2.63. The monoisotopic (exact) mass is 327 g/mol. The molecule has 130 valence electrons. The molecular formula is C20H29N3O. The largest absolute Gasteiger partial charge is 0.383 e. The van der Waals surface area contributed by atoms with Crippen molar-refractivity contribution < 1.29 is 4.79 Å². The van der Waals surface area contributed by atoms with Gasteiger partial charge >= 0.3 is 0 Å². The first-order valence-electron chi connectivity index (χ1n) is 9.39. The van der Waals surface area contributed by atoms with Gasteiger partial charge in [0.15, 0.2) is 0 Å². The van der Waals surface area contributed by atoms with E-state index in [4.69, 9.17) is 0 Å². The quantitative estimate of drug-likeness (QED) is 0.822. The van der Waals surface area contributed by atoms with E-state index in [9.17, 15) is 4.79 Å². The molecule has 0 saturated carbocycles. The number of carbonyl (C=O) groups excluding carboxylic acids is 1. The maximum atomic E-state index is 12.5. The number of rotatable bonds is 5. The molecule has 1 amide bonds. The first kappa shape index (κ1) is 17.0. The zero-order valence-electron chi connectivity index (χ0n) is 14.8. The highest BCUT2D eigenvalue weighted by Gasteiger charge is 2.22. The summed E-state index contributed by atoms with van der Waals surface area (Å²) in [7, 11) is 0. The summed E-state index contributed by atoms with van der Waals surface area (Å²) in [6.45, 7) is 4.86. The van der Waals surface area contributed by atoms with Crippen LogP contribution in [0.4, 0.5) is 5.69 Å². The summed E-state index contributed by atoms with van der Waals surface area (Å²) >= 11 is 0. The van der Waals surface area contributed by atoms with Crippen LogP contribution in [0.25, 0.3) is 0 Å². The molecule has 1 saturated heterocycles. The molecule has 3 rings (SSSR count). The summed E-state index contributed by atoms with van der Waals surface area (Å²) in [6.07, 6.45) is 12.8. The smallest absolute Gasteiger partial charge is 0.272 e. The van der Waals surface area contributed by atoms with Crippen molar-refractivity contribution in [1.29, 1.82) is 0 Å². The normalized spacial score (nSPS) is 21.3. The van der Waals surface area contributed by atoms with Gasteiger partial charge in [0, 0.05) is 19.6 Å². The number of nitrogens with zero attached hydrogens (tertiary/aromatic N) is 2. The molecule has 1 aliphatic heterocycles. The van der Waals surface area contributed by atoms with Gasteiger partial charge < -0.3 is 10.2 Å². The van der Waals surface area contributed by atoms with E-state index in [0.29, 0.717) is 11.6 Å². The predicted octanol–water partition coefficient (Wildman–Crippen LogP) is 4.26. The van der Waals surface area contributed by atoms with E-state index in [0.717, 1.165) is 38.2 Å². The average molecular weight is 327 g/mol. The Morgan fingerprint density at radius 2 is 2.25 bits per heavy atom. The number of anilines is 1. The Balaban J connectivity index is 1.49. The molecular weight excluding hydrogens is 298 g/mol. The fourth-order valence-corrected chi connectivity index (χ4v) is 3.66. The Hall–Kier alpha value is -1.84. The van der Waals surface area contributed by atoms with Gasteiger partial charge in [-0.1, -0.05) is 18.6 Å². The van der Waals surface area contributed by atoms with Crippen molar-refractivity contribution in [2.45, 2.75) is 51.9 Å². The highest BCUT2D eigenvalue weighted by molar-refractivity contribution is 5.92. The van der Waals surface area contributed by atoms with E-state index in [1.165, 1.54) is 32.1 Å². The minimum atomic E-state index is 0.0699. The third-order valence-corrected chi connectivity index (χ3v) is 5.09. The van der Waals surface area contributed by atoms with Gasteiger partial charge in [0.1, 0.15) is 5.69 Å². The Morgan fingerprint density at radius 1 is 1.33 bits per heavy atom. The highest BCUT2D eigenvalue weighted by Crippen LogP contribution is 2.20. The zero-order chi connectivity index (χ0) is 16.8. The first-order valence-corrected chi connectivity index (χ1v) is 9.39. The van der Waals surface area contributed by atoms with E-state index in [1.807, 2.05) is 17.0 Å². The Morgan fingerprint density at radius 3 is 2.96 bits per heavy atom. The molecule has 1 aromatic rings. The van der Waals surface area contributed by atoms with Crippen LogP contribution in [-0.4, -0.2) is 35.4 Å². The molecule has 4 nitrogen and oxygen atoms in total. The second-order valence-electron chi connectivity index (χ2n) is 7.22. The van der Waals surface area contributed by atoms with Crippen molar-refractivity contribution in [2.75, 3.05) is 25.0 Å². The van der Waals surface area contributed by atoms with Crippen LogP contribution in [0.3, 0.4) is 0 Å². The van der Waals surface area contributed by atoms with Crippen LogP contribution in [0.15, 0.2) is 30.0 Å². The van der Waals surface area contributed by atoms with Gasteiger partial charge in [0.05, 0.1) is 11.9 Å². The number of hydrogen-bond donors (Lipinski definition) is 1. The number of aromatic nitrogens is 1. The van der Waals surface area contributed by atoms with Crippen LogP contribution >= 0.6 is 0 Å². The maximum Gasteiger partial charge on any atom is 0.272 e. The molecule has 0 aromatic carbocycles. The standard InChI is InChI=1S/C20H29N3O/c1-16-6-5-13-23(15-16)20(24)19-10-9-18(14-22-19)21-12-11-17-7-3-2-4-8-17/h7,9-10,14,16,21H,2-6,8,11-13,15H2,1H3. The Kier molecular flexibility index (Phi) is 5.89. The third-order valence-electron chi connectivity index (χ3n) is 5.09. The molecule has 1 aliphatic carbocycles. The van der Waals surface area contributed by atoms with Crippen molar-refractivity contribution in [2.24, 2.45) is 5.92 Å². The van der Waals surface area contributed by atoms with Crippen molar-refractivity contribution in [3.63, 3.8) is 0 Å². The van der Waals surface area contributed by atoms with Crippen LogP contribution < -0.4 is 5.32 Å². The fourth-order valence-electron chi connectivity index (χ4n) is 3.66. The number of nitrogens with one attached hydrogen (secondary N) is 1. The van der Waals surface area contributed by atoms with E-state index in [1.54, 1.807) is 11.8 Å². The number of allylic oxidation sites excluding steroid dienone is 1. The summed E-state index contributed by atoms with van der Waals surface area (Å²) in [5, 5.41) is 3.42.